The number of carbonyl (C=O) groups excluding carboxylic acids is 1. The molecule has 25 heavy (non-hydrogen) atoms. The zero-order chi connectivity index (χ0) is 18.4. The van der Waals surface area contributed by atoms with Gasteiger partial charge in [-0.2, -0.15) is 0 Å². The average molecular weight is 339 g/mol. The van der Waals surface area contributed by atoms with Crippen LogP contribution < -0.4 is 0 Å². The lowest BCUT2D eigenvalue weighted by Crippen LogP contribution is -2.29. The molecule has 0 fully saturated rings. The van der Waals surface area contributed by atoms with Crippen molar-refractivity contribution in [3.8, 4) is 0 Å². The fraction of sp³-hybridized carbons (Fsp3) is 0.200. The van der Waals surface area contributed by atoms with Crippen molar-refractivity contribution in [3.05, 3.63) is 82.6 Å². The van der Waals surface area contributed by atoms with E-state index < -0.39 is 17.6 Å². The van der Waals surface area contributed by atoms with Gasteiger partial charge in [-0.3, -0.25) is 4.79 Å². The predicted octanol–water partition coefficient (Wildman–Crippen LogP) is 3.36. The smallest absolute Gasteiger partial charge is 0.371 e. The molecular formula is C20H21NO4. The Morgan fingerprint density at radius 3 is 1.60 bits per heavy atom. The molecule has 2 rings (SSSR count). The Morgan fingerprint density at radius 1 is 0.840 bits per heavy atom. The zero-order valence-electron chi connectivity index (χ0n) is 14.3. The van der Waals surface area contributed by atoms with Crippen molar-refractivity contribution >= 4 is 11.9 Å². The molecule has 0 aromatic heterocycles. The number of hydrogen-bond donors (Lipinski definition) is 2. The van der Waals surface area contributed by atoms with Crippen molar-refractivity contribution in [2.75, 3.05) is 0 Å². The molecule has 0 heterocycles. The minimum atomic E-state index is -1.53. The van der Waals surface area contributed by atoms with Gasteiger partial charge in [0.15, 0.2) is 0 Å². The first-order valence-corrected chi connectivity index (χ1v) is 7.89. The summed E-state index contributed by atoms with van der Waals surface area (Å²) in [5.41, 5.74) is 4.08. The van der Waals surface area contributed by atoms with Crippen LogP contribution in [0.1, 0.15) is 22.3 Å². The molecular weight excluding hydrogens is 318 g/mol. The largest absolute Gasteiger partial charge is 0.502 e. The number of aliphatic carboxylic acids is 1. The summed E-state index contributed by atoms with van der Waals surface area (Å²) in [5, 5.41) is 18.1. The van der Waals surface area contributed by atoms with Crippen LogP contribution in [0.15, 0.2) is 60.4 Å². The Balaban J connectivity index is 2.24. The van der Waals surface area contributed by atoms with Gasteiger partial charge in [0.2, 0.25) is 5.76 Å². The molecule has 2 aromatic rings. The fourth-order valence-electron chi connectivity index (χ4n) is 2.31. The van der Waals surface area contributed by atoms with Crippen molar-refractivity contribution in [1.82, 2.24) is 4.90 Å². The highest BCUT2D eigenvalue weighted by atomic mass is 16.4. The topological polar surface area (TPSA) is 77.8 Å². The molecule has 0 aliphatic heterocycles. The SMILES string of the molecule is Cc1ccc(CN(Cc2ccc(C)cc2)C(=O)/C=C(\O)C(=O)O)cc1. The number of nitrogens with zero attached hydrogens (tertiary/aromatic N) is 1. The number of amides is 1. The van der Waals surface area contributed by atoms with E-state index in [0.717, 1.165) is 28.3 Å². The minimum Gasteiger partial charge on any atom is -0.502 e. The first-order chi connectivity index (χ1) is 11.8. The minimum absolute atomic E-state index is 0.316. The summed E-state index contributed by atoms with van der Waals surface area (Å²) < 4.78 is 0. The Kier molecular flexibility index (Phi) is 5.95. The van der Waals surface area contributed by atoms with Gasteiger partial charge in [-0.05, 0) is 25.0 Å². The maximum atomic E-state index is 12.4. The molecule has 0 atom stereocenters. The fourth-order valence-corrected chi connectivity index (χ4v) is 2.31. The standard InChI is InChI=1S/C20H21NO4/c1-14-3-7-16(8-4-14)12-21(19(23)11-18(22)20(24)25)13-17-9-5-15(2)6-10-17/h3-11,22H,12-13H2,1-2H3,(H,24,25)/b18-11-. The molecule has 0 aliphatic carbocycles. The molecule has 5 nitrogen and oxygen atoms in total. The molecule has 0 saturated heterocycles. The summed E-state index contributed by atoms with van der Waals surface area (Å²) in [7, 11) is 0. The third-order valence-electron chi connectivity index (χ3n) is 3.78. The van der Waals surface area contributed by atoms with Crippen molar-refractivity contribution in [2.45, 2.75) is 26.9 Å². The Hall–Kier alpha value is -3.08. The number of hydrogen-bond acceptors (Lipinski definition) is 3. The highest BCUT2D eigenvalue weighted by Crippen LogP contribution is 2.13. The number of aliphatic hydroxyl groups is 1. The lowest BCUT2D eigenvalue weighted by Gasteiger charge is -2.22. The van der Waals surface area contributed by atoms with Gasteiger partial charge in [-0.1, -0.05) is 59.7 Å². The van der Waals surface area contributed by atoms with Gasteiger partial charge in [0.25, 0.3) is 5.91 Å². The van der Waals surface area contributed by atoms with Crippen molar-refractivity contribution in [1.29, 1.82) is 0 Å². The van der Waals surface area contributed by atoms with Gasteiger partial charge in [-0.25, -0.2) is 4.79 Å². The van der Waals surface area contributed by atoms with Gasteiger partial charge in [0.05, 0.1) is 6.08 Å². The van der Waals surface area contributed by atoms with Crippen molar-refractivity contribution in [3.63, 3.8) is 0 Å². The maximum Gasteiger partial charge on any atom is 0.371 e. The van der Waals surface area contributed by atoms with Crippen LogP contribution in [0.2, 0.25) is 0 Å². The molecule has 0 bridgehead atoms. The summed E-state index contributed by atoms with van der Waals surface area (Å²) in [6.07, 6.45) is 0.741. The van der Waals surface area contributed by atoms with Crippen molar-refractivity contribution < 1.29 is 19.8 Å². The lowest BCUT2D eigenvalue weighted by molar-refractivity contribution is -0.136. The second kappa shape index (κ2) is 8.15. The molecule has 0 aliphatic rings. The Labute approximate surface area is 146 Å². The number of aryl methyl sites for hydroxylation is 2. The van der Waals surface area contributed by atoms with E-state index in [2.05, 4.69) is 0 Å². The van der Waals surface area contributed by atoms with Crippen LogP contribution in [-0.2, 0) is 22.7 Å². The molecule has 5 heteroatoms. The van der Waals surface area contributed by atoms with Crippen LogP contribution in [0, 0.1) is 13.8 Å². The quantitative estimate of drug-likeness (QED) is 0.625. The third kappa shape index (κ3) is 5.49. The van der Waals surface area contributed by atoms with E-state index in [1.807, 2.05) is 62.4 Å². The van der Waals surface area contributed by atoms with E-state index in [1.54, 1.807) is 0 Å². The maximum absolute atomic E-state index is 12.4. The van der Waals surface area contributed by atoms with Crippen LogP contribution >= 0.6 is 0 Å². The molecule has 2 N–H and O–H groups in total. The van der Waals surface area contributed by atoms with E-state index in [9.17, 15) is 14.7 Å². The molecule has 1 amide bonds. The normalized spacial score (nSPS) is 11.2. The third-order valence-corrected chi connectivity index (χ3v) is 3.78. The van der Waals surface area contributed by atoms with Crippen molar-refractivity contribution in [2.24, 2.45) is 0 Å². The van der Waals surface area contributed by atoms with E-state index in [0.29, 0.717) is 13.1 Å². The van der Waals surface area contributed by atoms with Gasteiger partial charge >= 0.3 is 5.97 Å². The number of carboxylic acid groups (broad SMARTS) is 1. The number of carbonyl (C=O) groups is 2. The van der Waals surface area contributed by atoms with Crippen LogP contribution in [-0.4, -0.2) is 27.0 Å². The predicted molar refractivity (Wildman–Crippen MR) is 95.0 cm³/mol. The highest BCUT2D eigenvalue weighted by molar-refractivity contribution is 5.96. The Morgan fingerprint density at radius 2 is 1.24 bits per heavy atom. The summed E-state index contributed by atoms with van der Waals surface area (Å²) in [4.78, 5) is 24.7. The number of rotatable bonds is 6. The summed E-state index contributed by atoms with van der Waals surface area (Å²) in [5.74, 6) is -3.05. The van der Waals surface area contributed by atoms with Gasteiger partial charge in [0.1, 0.15) is 0 Å². The molecule has 0 spiro atoms. The molecule has 130 valence electrons. The monoisotopic (exact) mass is 339 g/mol. The molecule has 0 radical (unpaired) electrons. The summed E-state index contributed by atoms with van der Waals surface area (Å²) in [6.45, 7) is 4.59. The van der Waals surface area contributed by atoms with Gasteiger partial charge in [-0.15, -0.1) is 0 Å². The van der Waals surface area contributed by atoms with Gasteiger partial charge in [0, 0.05) is 13.1 Å². The summed E-state index contributed by atoms with van der Waals surface area (Å²) in [6, 6.07) is 15.5. The second-order valence-corrected chi connectivity index (χ2v) is 6.00. The van der Waals surface area contributed by atoms with Crippen LogP contribution in [0.4, 0.5) is 0 Å². The average Bonchev–Trinajstić information content (AvgIpc) is 2.58. The van der Waals surface area contributed by atoms with E-state index in [-0.39, 0.29) is 0 Å². The van der Waals surface area contributed by atoms with Gasteiger partial charge < -0.3 is 15.1 Å². The van der Waals surface area contributed by atoms with E-state index >= 15 is 0 Å². The van der Waals surface area contributed by atoms with Crippen LogP contribution in [0.5, 0.6) is 0 Å². The highest BCUT2D eigenvalue weighted by Gasteiger charge is 2.16. The molecule has 0 unspecified atom stereocenters. The second-order valence-electron chi connectivity index (χ2n) is 6.00. The Bertz CT molecular complexity index is 729. The summed E-state index contributed by atoms with van der Waals surface area (Å²) >= 11 is 0. The number of carboxylic acids is 1. The molecule has 0 saturated carbocycles. The number of benzene rings is 2. The zero-order valence-corrected chi connectivity index (χ0v) is 14.3. The lowest BCUT2D eigenvalue weighted by atomic mass is 10.1. The van der Waals surface area contributed by atoms with E-state index in [4.69, 9.17) is 5.11 Å². The molecule has 2 aromatic carbocycles. The van der Waals surface area contributed by atoms with Crippen LogP contribution in [0.3, 0.4) is 0 Å². The number of aliphatic hydroxyl groups excluding tert-OH is 1. The first-order valence-electron chi connectivity index (χ1n) is 7.89. The first kappa shape index (κ1) is 18.3. The van der Waals surface area contributed by atoms with Crippen LogP contribution in [0.25, 0.3) is 0 Å². The van der Waals surface area contributed by atoms with E-state index in [1.165, 1.54) is 4.90 Å².